The first-order valence-corrected chi connectivity index (χ1v) is 11.8. The third kappa shape index (κ3) is 4.85. The standard InChI is InChI=1S/C26H27N3O7/c27-24(31)12-29-7-5-15(6-8-29)28-25(32)10-17(18-9-22-23(11-20(18)30)36-14-35-22)19-13-34-21-4-2-1-3-16(21)26(19)33/h1-4,9,11,13,15,17,30H,5-8,10,12,14H2,(H2,27,31)(H,28,32). The molecule has 5 rings (SSSR count). The second-order valence-electron chi connectivity index (χ2n) is 9.12. The summed E-state index contributed by atoms with van der Waals surface area (Å²) >= 11 is 0. The summed E-state index contributed by atoms with van der Waals surface area (Å²) in [4.78, 5) is 39.7. The monoisotopic (exact) mass is 493 g/mol. The van der Waals surface area contributed by atoms with Crippen LogP contribution in [0.5, 0.6) is 17.2 Å². The minimum absolute atomic E-state index is 0.0238. The van der Waals surface area contributed by atoms with Gasteiger partial charge >= 0.3 is 0 Å². The van der Waals surface area contributed by atoms with Crippen LogP contribution in [-0.4, -0.2) is 54.3 Å². The van der Waals surface area contributed by atoms with Gasteiger partial charge < -0.3 is 30.0 Å². The molecule has 1 unspecified atom stereocenters. The van der Waals surface area contributed by atoms with Crippen molar-refractivity contribution in [3.8, 4) is 17.2 Å². The number of para-hydroxylation sites is 1. The molecule has 3 heterocycles. The van der Waals surface area contributed by atoms with Crippen molar-refractivity contribution in [2.75, 3.05) is 26.4 Å². The highest BCUT2D eigenvalue weighted by atomic mass is 16.7. The molecule has 0 bridgehead atoms. The van der Waals surface area contributed by atoms with Gasteiger partial charge in [-0.3, -0.25) is 19.3 Å². The van der Waals surface area contributed by atoms with Crippen molar-refractivity contribution in [2.45, 2.75) is 31.2 Å². The van der Waals surface area contributed by atoms with Gasteiger partial charge in [-0.15, -0.1) is 0 Å². The fraction of sp³-hybridized carbons (Fsp3) is 0.346. The maximum Gasteiger partial charge on any atom is 0.231 e. The summed E-state index contributed by atoms with van der Waals surface area (Å²) in [6.07, 6.45) is 2.63. The Balaban J connectivity index is 1.42. The number of carbonyl (C=O) groups excluding carboxylic acids is 2. The van der Waals surface area contributed by atoms with Crippen LogP contribution in [0.4, 0.5) is 0 Å². The summed E-state index contributed by atoms with van der Waals surface area (Å²) in [5.74, 6) is -0.705. The summed E-state index contributed by atoms with van der Waals surface area (Å²) in [5, 5.41) is 14.2. The van der Waals surface area contributed by atoms with Crippen molar-refractivity contribution in [1.82, 2.24) is 10.2 Å². The molecule has 36 heavy (non-hydrogen) atoms. The molecule has 0 radical (unpaired) electrons. The molecule has 1 fully saturated rings. The molecule has 188 valence electrons. The van der Waals surface area contributed by atoms with Gasteiger partial charge in [-0.25, -0.2) is 0 Å². The van der Waals surface area contributed by atoms with Gasteiger partial charge in [0.1, 0.15) is 11.3 Å². The molecule has 0 aliphatic carbocycles. The van der Waals surface area contributed by atoms with Crippen LogP contribution in [0.1, 0.15) is 36.3 Å². The summed E-state index contributed by atoms with van der Waals surface area (Å²) < 4.78 is 16.5. The predicted octanol–water partition coefficient (Wildman–Crippen LogP) is 1.82. The van der Waals surface area contributed by atoms with E-state index in [9.17, 15) is 19.5 Å². The molecule has 3 aromatic rings. The van der Waals surface area contributed by atoms with Gasteiger partial charge in [0.25, 0.3) is 0 Å². The van der Waals surface area contributed by atoms with E-state index < -0.39 is 5.92 Å². The van der Waals surface area contributed by atoms with Crippen LogP contribution < -0.4 is 26.0 Å². The number of likely N-dealkylation sites (tertiary alicyclic amines) is 1. The molecule has 2 aliphatic heterocycles. The van der Waals surface area contributed by atoms with Gasteiger partial charge in [0.2, 0.25) is 18.6 Å². The number of hydrogen-bond donors (Lipinski definition) is 3. The first-order valence-electron chi connectivity index (χ1n) is 11.8. The number of primary amides is 1. The summed E-state index contributed by atoms with van der Waals surface area (Å²) in [6, 6.07) is 9.85. The normalized spacial score (nSPS) is 16.7. The number of carbonyl (C=O) groups is 2. The number of benzene rings is 2. The summed E-state index contributed by atoms with van der Waals surface area (Å²) in [6.45, 7) is 1.52. The molecule has 2 aromatic carbocycles. The molecule has 0 spiro atoms. The third-order valence-electron chi connectivity index (χ3n) is 6.70. The average molecular weight is 494 g/mol. The Morgan fingerprint density at radius 2 is 1.83 bits per heavy atom. The number of amides is 2. The average Bonchev–Trinajstić information content (AvgIpc) is 3.31. The molecule has 10 heteroatoms. The maximum absolute atomic E-state index is 13.4. The highest BCUT2D eigenvalue weighted by Gasteiger charge is 2.29. The summed E-state index contributed by atoms with van der Waals surface area (Å²) in [5.41, 5.74) is 6.07. The molecular weight excluding hydrogens is 466 g/mol. The molecule has 1 aromatic heterocycles. The second-order valence-corrected chi connectivity index (χ2v) is 9.12. The van der Waals surface area contributed by atoms with Crippen LogP contribution in [0.15, 0.2) is 51.9 Å². The quantitative estimate of drug-likeness (QED) is 0.452. The fourth-order valence-corrected chi connectivity index (χ4v) is 4.87. The number of phenols is 1. The number of nitrogens with two attached hydrogens (primary N) is 1. The van der Waals surface area contributed by atoms with Gasteiger partial charge in [-0.05, 0) is 31.0 Å². The topological polar surface area (TPSA) is 144 Å². The van der Waals surface area contributed by atoms with E-state index in [1.54, 1.807) is 30.3 Å². The lowest BCUT2D eigenvalue weighted by Gasteiger charge is -2.31. The minimum atomic E-state index is -0.782. The van der Waals surface area contributed by atoms with E-state index in [0.29, 0.717) is 54.0 Å². The van der Waals surface area contributed by atoms with Crippen LogP contribution in [0, 0.1) is 0 Å². The SMILES string of the molecule is NC(=O)CN1CCC(NC(=O)CC(c2cc3c(cc2O)OCO3)c2coc3ccccc3c2=O)CC1. The van der Waals surface area contributed by atoms with E-state index in [2.05, 4.69) is 5.32 Å². The van der Waals surface area contributed by atoms with Gasteiger partial charge in [0.05, 0.1) is 18.2 Å². The van der Waals surface area contributed by atoms with Crippen molar-refractivity contribution in [3.63, 3.8) is 0 Å². The molecule has 2 amide bonds. The van der Waals surface area contributed by atoms with Gasteiger partial charge in [0, 0.05) is 48.7 Å². The highest BCUT2D eigenvalue weighted by molar-refractivity contribution is 5.80. The number of fused-ring (bicyclic) bond motifs is 2. The van der Waals surface area contributed by atoms with E-state index in [1.165, 1.54) is 12.3 Å². The van der Waals surface area contributed by atoms with E-state index in [0.717, 1.165) is 0 Å². The summed E-state index contributed by atoms with van der Waals surface area (Å²) in [7, 11) is 0. The van der Waals surface area contributed by atoms with Crippen molar-refractivity contribution >= 4 is 22.8 Å². The Labute approximate surface area is 206 Å². The van der Waals surface area contributed by atoms with E-state index >= 15 is 0 Å². The van der Waals surface area contributed by atoms with Gasteiger partial charge in [-0.2, -0.15) is 0 Å². The molecule has 1 atom stereocenters. The zero-order valence-corrected chi connectivity index (χ0v) is 19.6. The molecule has 4 N–H and O–H groups in total. The largest absolute Gasteiger partial charge is 0.508 e. The number of nitrogens with one attached hydrogen (secondary N) is 1. The zero-order chi connectivity index (χ0) is 25.2. The Morgan fingerprint density at radius 1 is 1.11 bits per heavy atom. The van der Waals surface area contributed by atoms with Crippen molar-refractivity contribution in [3.05, 3.63) is 64.0 Å². The first kappa shape index (κ1) is 23.7. The highest BCUT2D eigenvalue weighted by Crippen LogP contribution is 2.42. The Hall–Kier alpha value is -4.05. The van der Waals surface area contributed by atoms with Crippen molar-refractivity contribution in [2.24, 2.45) is 5.73 Å². The smallest absolute Gasteiger partial charge is 0.231 e. The maximum atomic E-state index is 13.4. The Kier molecular flexibility index (Phi) is 6.51. The second kappa shape index (κ2) is 9.90. The van der Waals surface area contributed by atoms with Crippen LogP contribution >= 0.6 is 0 Å². The van der Waals surface area contributed by atoms with E-state index in [1.807, 2.05) is 4.90 Å². The lowest BCUT2D eigenvalue weighted by molar-refractivity contribution is -0.123. The van der Waals surface area contributed by atoms with Crippen molar-refractivity contribution < 1.29 is 28.6 Å². The molecule has 10 nitrogen and oxygen atoms in total. The van der Waals surface area contributed by atoms with Crippen LogP contribution in [0.25, 0.3) is 11.0 Å². The first-order chi connectivity index (χ1) is 17.4. The number of phenolic OH excluding ortho intramolecular Hbond substituents is 1. The molecule has 2 aliphatic rings. The number of nitrogens with zero attached hydrogens (tertiary/aromatic N) is 1. The predicted molar refractivity (Wildman–Crippen MR) is 130 cm³/mol. The van der Waals surface area contributed by atoms with Gasteiger partial charge in [-0.1, -0.05) is 12.1 Å². The number of piperidine rings is 1. The molecule has 1 saturated heterocycles. The lowest BCUT2D eigenvalue weighted by atomic mass is 9.87. The number of ether oxygens (including phenoxy) is 2. The Morgan fingerprint density at radius 3 is 2.58 bits per heavy atom. The van der Waals surface area contributed by atoms with Crippen molar-refractivity contribution in [1.29, 1.82) is 0 Å². The van der Waals surface area contributed by atoms with Crippen LogP contribution in [-0.2, 0) is 9.59 Å². The fourth-order valence-electron chi connectivity index (χ4n) is 4.87. The molecule has 0 saturated carbocycles. The van der Waals surface area contributed by atoms with E-state index in [4.69, 9.17) is 19.6 Å². The van der Waals surface area contributed by atoms with Crippen LogP contribution in [0.2, 0.25) is 0 Å². The third-order valence-corrected chi connectivity index (χ3v) is 6.70. The lowest BCUT2D eigenvalue weighted by Crippen LogP contribution is -2.47. The van der Waals surface area contributed by atoms with E-state index in [-0.39, 0.29) is 54.4 Å². The van der Waals surface area contributed by atoms with Crippen LogP contribution in [0.3, 0.4) is 0 Å². The number of hydrogen-bond acceptors (Lipinski definition) is 8. The molecular formula is C26H27N3O7. The zero-order valence-electron chi connectivity index (χ0n) is 19.6. The number of aromatic hydroxyl groups is 1. The minimum Gasteiger partial charge on any atom is -0.508 e. The van der Waals surface area contributed by atoms with Gasteiger partial charge in [0.15, 0.2) is 16.9 Å². The number of rotatable bonds is 7. The Bertz CT molecular complexity index is 1360.